The van der Waals surface area contributed by atoms with Crippen molar-refractivity contribution in [1.82, 2.24) is 25.4 Å². The highest BCUT2D eigenvalue weighted by Gasteiger charge is 2.41. The van der Waals surface area contributed by atoms with Crippen LogP contribution in [0.3, 0.4) is 0 Å². The minimum Gasteiger partial charge on any atom is -0.373 e. The van der Waals surface area contributed by atoms with Gasteiger partial charge in [0.05, 0.1) is 23.9 Å². The second-order valence-corrected chi connectivity index (χ2v) is 6.05. The van der Waals surface area contributed by atoms with Crippen molar-refractivity contribution in [3.63, 3.8) is 0 Å². The van der Waals surface area contributed by atoms with Crippen LogP contribution in [-0.4, -0.2) is 39.0 Å². The van der Waals surface area contributed by atoms with E-state index in [4.69, 9.17) is 4.74 Å². The van der Waals surface area contributed by atoms with Crippen LogP contribution in [0.2, 0.25) is 0 Å². The van der Waals surface area contributed by atoms with Gasteiger partial charge in [0.1, 0.15) is 12.7 Å². The summed E-state index contributed by atoms with van der Waals surface area (Å²) in [7, 11) is 0. The molecule has 2 aliphatic heterocycles. The Hall–Kier alpha value is -2.41. The van der Waals surface area contributed by atoms with Crippen LogP contribution in [0.5, 0.6) is 0 Å². The van der Waals surface area contributed by atoms with Crippen molar-refractivity contribution in [2.24, 2.45) is 0 Å². The van der Waals surface area contributed by atoms with Gasteiger partial charge in [-0.15, -0.1) is 0 Å². The highest BCUT2D eigenvalue weighted by Crippen LogP contribution is 2.34. The molecule has 7 heteroatoms. The Morgan fingerprint density at radius 2 is 2.35 bits per heavy atom. The minimum absolute atomic E-state index is 0.141. The molecule has 2 amide bonds. The topological polar surface area (TPSA) is 81.1 Å². The third-order valence-electron chi connectivity index (χ3n) is 4.47. The Labute approximate surface area is 134 Å². The second-order valence-electron chi connectivity index (χ2n) is 6.05. The van der Waals surface area contributed by atoms with Crippen LogP contribution < -0.4 is 10.6 Å². The van der Waals surface area contributed by atoms with Gasteiger partial charge in [-0.2, -0.15) is 5.10 Å². The molecule has 4 rings (SSSR count). The quantitative estimate of drug-likeness (QED) is 0.894. The number of ether oxygens (including phenoxy) is 1. The van der Waals surface area contributed by atoms with Crippen LogP contribution in [-0.2, 0) is 11.3 Å². The molecule has 2 fully saturated rings. The van der Waals surface area contributed by atoms with Crippen molar-refractivity contribution >= 4 is 6.03 Å². The fourth-order valence-electron chi connectivity index (χ4n) is 3.34. The number of carbonyl (C=O) groups is 1. The Bertz CT molecular complexity index is 688. The number of carbonyl (C=O) groups excluding carboxylic acids is 1. The Balaban J connectivity index is 1.32. The molecule has 0 saturated carbocycles. The van der Waals surface area contributed by atoms with E-state index in [0.29, 0.717) is 12.6 Å². The van der Waals surface area contributed by atoms with Crippen molar-refractivity contribution < 1.29 is 9.53 Å². The van der Waals surface area contributed by atoms with E-state index in [1.165, 1.54) is 6.33 Å². The summed E-state index contributed by atoms with van der Waals surface area (Å²) < 4.78 is 7.44. The average Bonchev–Trinajstić information content (AvgIpc) is 3.30. The Morgan fingerprint density at radius 1 is 1.39 bits per heavy atom. The highest BCUT2D eigenvalue weighted by molar-refractivity contribution is 5.74. The second kappa shape index (κ2) is 6.00. The van der Waals surface area contributed by atoms with Crippen LogP contribution in [0.25, 0.3) is 5.69 Å². The number of hydrogen-bond acceptors (Lipinski definition) is 4. The number of aromatic nitrogens is 3. The highest BCUT2D eigenvalue weighted by atomic mass is 16.5. The number of nitrogens with zero attached hydrogens (tertiary/aromatic N) is 3. The molecule has 3 atom stereocenters. The minimum atomic E-state index is -0.141. The summed E-state index contributed by atoms with van der Waals surface area (Å²) in [6.07, 6.45) is 6.78. The van der Waals surface area contributed by atoms with E-state index in [2.05, 4.69) is 20.7 Å². The predicted molar refractivity (Wildman–Crippen MR) is 83.0 cm³/mol. The molecule has 7 nitrogen and oxygen atoms in total. The zero-order valence-electron chi connectivity index (χ0n) is 12.7. The standard InChI is InChI=1S/C16H19N5O2/c22-16(20-14-7-13-4-5-15(14)23-13)18-8-11-2-1-3-12(6-11)21-10-17-9-19-21/h1-3,6,9-10,13-15H,4-5,7-8H2,(H2,18,20,22). The van der Waals surface area contributed by atoms with E-state index >= 15 is 0 Å². The van der Waals surface area contributed by atoms with Gasteiger partial charge in [0.25, 0.3) is 0 Å². The maximum Gasteiger partial charge on any atom is 0.315 e. The zero-order valence-corrected chi connectivity index (χ0v) is 12.7. The number of hydrogen-bond donors (Lipinski definition) is 2. The fraction of sp³-hybridized carbons (Fsp3) is 0.438. The van der Waals surface area contributed by atoms with Gasteiger partial charge >= 0.3 is 6.03 Å². The summed E-state index contributed by atoms with van der Waals surface area (Å²) in [5, 5.41) is 10.0. The third kappa shape index (κ3) is 3.05. The summed E-state index contributed by atoms with van der Waals surface area (Å²) in [4.78, 5) is 16.0. The van der Waals surface area contributed by atoms with Crippen LogP contribution in [0, 0.1) is 0 Å². The first-order chi connectivity index (χ1) is 11.3. The molecule has 2 bridgehead atoms. The van der Waals surface area contributed by atoms with Crippen molar-refractivity contribution in [1.29, 1.82) is 0 Å². The van der Waals surface area contributed by atoms with E-state index < -0.39 is 0 Å². The van der Waals surface area contributed by atoms with E-state index in [-0.39, 0.29) is 18.2 Å². The maximum absolute atomic E-state index is 12.1. The number of nitrogens with one attached hydrogen (secondary N) is 2. The molecule has 120 valence electrons. The normalized spacial score (nSPS) is 25.5. The van der Waals surface area contributed by atoms with Gasteiger partial charge < -0.3 is 15.4 Å². The molecule has 1 aromatic carbocycles. The molecule has 2 aliphatic rings. The van der Waals surface area contributed by atoms with Crippen LogP contribution in [0.4, 0.5) is 4.79 Å². The Kier molecular flexibility index (Phi) is 3.70. The summed E-state index contributed by atoms with van der Waals surface area (Å²) in [5.74, 6) is 0. The number of urea groups is 1. The van der Waals surface area contributed by atoms with Crippen LogP contribution >= 0.6 is 0 Å². The monoisotopic (exact) mass is 313 g/mol. The van der Waals surface area contributed by atoms with Crippen molar-refractivity contribution in [2.45, 2.75) is 44.1 Å². The first-order valence-electron chi connectivity index (χ1n) is 7.92. The van der Waals surface area contributed by atoms with Gasteiger partial charge in [-0.1, -0.05) is 12.1 Å². The number of amides is 2. The molecular formula is C16H19N5O2. The van der Waals surface area contributed by atoms with Gasteiger partial charge in [0.15, 0.2) is 0 Å². The summed E-state index contributed by atoms with van der Waals surface area (Å²) in [5.41, 5.74) is 1.93. The summed E-state index contributed by atoms with van der Waals surface area (Å²) in [6, 6.07) is 7.85. The zero-order chi connectivity index (χ0) is 15.6. The molecule has 1 aromatic heterocycles. The molecule has 3 unspecified atom stereocenters. The van der Waals surface area contributed by atoms with Gasteiger partial charge in [0, 0.05) is 6.54 Å². The summed E-state index contributed by atoms with van der Waals surface area (Å²) >= 11 is 0. The molecule has 3 heterocycles. The molecule has 0 spiro atoms. The van der Waals surface area contributed by atoms with Crippen molar-refractivity contribution in [3.05, 3.63) is 42.5 Å². The SMILES string of the molecule is O=C(NCc1cccc(-n2cncn2)c1)NC1CC2CCC1O2. The van der Waals surface area contributed by atoms with Gasteiger partial charge in [-0.25, -0.2) is 14.5 Å². The van der Waals surface area contributed by atoms with Gasteiger partial charge in [-0.05, 0) is 37.0 Å². The van der Waals surface area contributed by atoms with E-state index in [0.717, 1.165) is 30.5 Å². The average molecular weight is 313 g/mol. The van der Waals surface area contributed by atoms with Gasteiger partial charge in [0.2, 0.25) is 0 Å². The van der Waals surface area contributed by atoms with E-state index in [1.54, 1.807) is 11.0 Å². The molecular weight excluding hydrogens is 294 g/mol. The molecule has 0 radical (unpaired) electrons. The summed E-state index contributed by atoms with van der Waals surface area (Å²) in [6.45, 7) is 0.468. The first kappa shape index (κ1) is 14.2. The maximum atomic E-state index is 12.1. The molecule has 2 saturated heterocycles. The van der Waals surface area contributed by atoms with E-state index in [1.807, 2.05) is 24.3 Å². The largest absolute Gasteiger partial charge is 0.373 e. The lowest BCUT2D eigenvalue weighted by molar-refractivity contribution is 0.0981. The number of fused-ring (bicyclic) bond motifs is 2. The number of rotatable bonds is 4. The lowest BCUT2D eigenvalue weighted by Gasteiger charge is -2.20. The van der Waals surface area contributed by atoms with Gasteiger partial charge in [-0.3, -0.25) is 0 Å². The molecule has 0 aliphatic carbocycles. The molecule has 2 aromatic rings. The first-order valence-corrected chi connectivity index (χ1v) is 7.92. The Morgan fingerprint density at radius 3 is 3.09 bits per heavy atom. The number of benzene rings is 1. The fourth-order valence-corrected chi connectivity index (χ4v) is 3.34. The van der Waals surface area contributed by atoms with Crippen LogP contribution in [0.15, 0.2) is 36.9 Å². The smallest absolute Gasteiger partial charge is 0.315 e. The molecule has 2 N–H and O–H groups in total. The predicted octanol–water partition coefficient (Wildman–Crippen LogP) is 1.39. The lowest BCUT2D eigenvalue weighted by atomic mass is 9.96. The molecule has 23 heavy (non-hydrogen) atoms. The van der Waals surface area contributed by atoms with Crippen molar-refractivity contribution in [3.8, 4) is 5.69 Å². The van der Waals surface area contributed by atoms with E-state index in [9.17, 15) is 4.79 Å². The third-order valence-corrected chi connectivity index (χ3v) is 4.47. The van der Waals surface area contributed by atoms with Crippen LogP contribution in [0.1, 0.15) is 24.8 Å². The van der Waals surface area contributed by atoms with Crippen molar-refractivity contribution in [2.75, 3.05) is 0 Å². The lowest BCUT2D eigenvalue weighted by Crippen LogP contribution is -2.46.